The quantitative estimate of drug-likeness (QED) is 0.579. The molecular formula is C8H14N4O. The number of rotatable bonds is 5. The number of amides is 1. The van der Waals surface area contributed by atoms with Crippen LogP contribution in [0, 0.1) is 0 Å². The maximum Gasteiger partial charge on any atom is 0.224 e. The predicted molar refractivity (Wildman–Crippen MR) is 50.1 cm³/mol. The van der Waals surface area contributed by atoms with Crippen LogP contribution in [0.25, 0.3) is 0 Å². The van der Waals surface area contributed by atoms with Gasteiger partial charge in [0.25, 0.3) is 0 Å². The molecule has 0 aliphatic rings. The molecule has 13 heavy (non-hydrogen) atoms. The van der Waals surface area contributed by atoms with Crippen molar-refractivity contribution in [1.82, 2.24) is 10.2 Å². The summed E-state index contributed by atoms with van der Waals surface area (Å²) in [6, 6.07) is 0. The molecule has 0 unspecified atom stereocenters. The van der Waals surface area contributed by atoms with Crippen molar-refractivity contribution >= 4 is 11.6 Å². The van der Waals surface area contributed by atoms with Gasteiger partial charge in [-0.3, -0.25) is 9.89 Å². The van der Waals surface area contributed by atoms with Crippen LogP contribution in [-0.4, -0.2) is 22.6 Å². The Morgan fingerprint density at radius 3 is 3.08 bits per heavy atom. The number of hydrogen-bond donors (Lipinski definition) is 3. The maximum absolute atomic E-state index is 11.2. The van der Waals surface area contributed by atoms with Gasteiger partial charge in [-0.05, 0) is 19.4 Å². The molecule has 0 saturated carbocycles. The van der Waals surface area contributed by atoms with Crippen LogP contribution in [0.2, 0.25) is 0 Å². The molecule has 0 spiro atoms. The number of carbonyl (C=O) groups excluding carboxylic acids is 1. The normalized spacial score (nSPS) is 9.92. The van der Waals surface area contributed by atoms with Gasteiger partial charge in [0, 0.05) is 12.6 Å². The smallest absolute Gasteiger partial charge is 0.224 e. The van der Waals surface area contributed by atoms with E-state index in [-0.39, 0.29) is 5.91 Å². The Labute approximate surface area is 76.7 Å². The van der Waals surface area contributed by atoms with Crippen LogP contribution in [0.5, 0.6) is 0 Å². The lowest BCUT2D eigenvalue weighted by molar-refractivity contribution is -0.116. The lowest BCUT2D eigenvalue weighted by Gasteiger charge is -2.00. The van der Waals surface area contributed by atoms with Gasteiger partial charge >= 0.3 is 0 Å². The molecule has 1 rings (SSSR count). The minimum absolute atomic E-state index is 0.00912. The zero-order valence-electron chi connectivity index (χ0n) is 7.42. The van der Waals surface area contributed by atoms with Gasteiger partial charge in [0.1, 0.15) is 0 Å². The summed E-state index contributed by atoms with van der Waals surface area (Å²) < 4.78 is 0. The average molecular weight is 182 g/mol. The molecule has 0 aliphatic heterocycles. The summed E-state index contributed by atoms with van der Waals surface area (Å²) in [5.41, 5.74) is 6.01. The van der Waals surface area contributed by atoms with Gasteiger partial charge in [-0.15, -0.1) is 0 Å². The van der Waals surface area contributed by atoms with Crippen molar-refractivity contribution in [1.29, 1.82) is 0 Å². The van der Waals surface area contributed by atoms with E-state index in [0.29, 0.717) is 18.7 Å². The molecule has 72 valence electrons. The number of aromatic amines is 1. The van der Waals surface area contributed by atoms with Crippen molar-refractivity contribution in [2.75, 3.05) is 11.9 Å². The number of unbranched alkanes of at least 4 members (excludes halogenated alkanes) is 1. The molecule has 1 aromatic heterocycles. The van der Waals surface area contributed by atoms with Crippen molar-refractivity contribution < 1.29 is 4.79 Å². The summed E-state index contributed by atoms with van der Waals surface area (Å²) in [6.07, 6.45) is 5.45. The monoisotopic (exact) mass is 182 g/mol. The fourth-order valence-corrected chi connectivity index (χ4v) is 0.973. The molecule has 1 heterocycles. The molecule has 0 radical (unpaired) electrons. The molecule has 0 saturated heterocycles. The molecule has 0 aliphatic carbocycles. The molecule has 4 N–H and O–H groups in total. The molecule has 0 aromatic carbocycles. The van der Waals surface area contributed by atoms with E-state index in [4.69, 9.17) is 5.73 Å². The molecule has 1 amide bonds. The topological polar surface area (TPSA) is 83.8 Å². The predicted octanol–water partition coefficient (Wildman–Crippen LogP) is 0.477. The van der Waals surface area contributed by atoms with Gasteiger partial charge in [-0.1, -0.05) is 0 Å². The van der Waals surface area contributed by atoms with Crippen molar-refractivity contribution in [2.45, 2.75) is 19.3 Å². The molecule has 1 aromatic rings. The Morgan fingerprint density at radius 2 is 2.46 bits per heavy atom. The van der Waals surface area contributed by atoms with Gasteiger partial charge in [-0.25, -0.2) is 0 Å². The number of anilines is 1. The highest BCUT2D eigenvalue weighted by Crippen LogP contribution is 2.03. The average Bonchev–Trinajstić information content (AvgIpc) is 2.57. The second kappa shape index (κ2) is 5.31. The standard InChI is InChI=1S/C8H14N4O/c9-4-2-1-3-8(13)12-7-5-10-11-6-7/h5-6H,1-4,9H2,(H,10,11)(H,12,13). The number of carbonyl (C=O) groups is 1. The highest BCUT2D eigenvalue weighted by atomic mass is 16.1. The van der Waals surface area contributed by atoms with E-state index >= 15 is 0 Å². The molecular weight excluding hydrogens is 168 g/mol. The second-order valence-electron chi connectivity index (χ2n) is 2.78. The maximum atomic E-state index is 11.2. The second-order valence-corrected chi connectivity index (χ2v) is 2.78. The van der Waals surface area contributed by atoms with E-state index in [1.165, 1.54) is 0 Å². The van der Waals surface area contributed by atoms with Gasteiger partial charge < -0.3 is 11.1 Å². The Kier molecular flexibility index (Phi) is 3.98. The number of H-pyrrole nitrogens is 1. The summed E-state index contributed by atoms with van der Waals surface area (Å²) in [6.45, 7) is 0.638. The zero-order chi connectivity index (χ0) is 9.52. The Balaban J connectivity index is 2.18. The fraction of sp³-hybridized carbons (Fsp3) is 0.500. The largest absolute Gasteiger partial charge is 0.330 e. The van der Waals surface area contributed by atoms with E-state index in [2.05, 4.69) is 15.5 Å². The van der Waals surface area contributed by atoms with Crippen LogP contribution in [-0.2, 0) is 4.79 Å². The first kappa shape index (κ1) is 9.73. The summed E-state index contributed by atoms with van der Waals surface area (Å²) in [5, 5.41) is 9.04. The van der Waals surface area contributed by atoms with Crippen LogP contribution < -0.4 is 11.1 Å². The van der Waals surface area contributed by atoms with E-state index in [0.717, 1.165) is 12.8 Å². The lowest BCUT2D eigenvalue weighted by atomic mass is 10.2. The third-order valence-electron chi connectivity index (χ3n) is 1.64. The highest BCUT2D eigenvalue weighted by molar-refractivity contribution is 5.90. The zero-order valence-corrected chi connectivity index (χ0v) is 7.42. The number of aromatic nitrogens is 2. The fourth-order valence-electron chi connectivity index (χ4n) is 0.973. The number of nitrogens with zero attached hydrogens (tertiary/aromatic N) is 1. The Hall–Kier alpha value is -1.36. The third-order valence-corrected chi connectivity index (χ3v) is 1.64. The number of hydrogen-bond acceptors (Lipinski definition) is 3. The van der Waals surface area contributed by atoms with Crippen molar-refractivity contribution in [3.8, 4) is 0 Å². The minimum atomic E-state index is 0.00912. The SMILES string of the molecule is NCCCCC(=O)Nc1cn[nH]c1. The minimum Gasteiger partial charge on any atom is -0.330 e. The van der Waals surface area contributed by atoms with Crippen molar-refractivity contribution in [3.63, 3.8) is 0 Å². The Bertz CT molecular complexity index is 245. The van der Waals surface area contributed by atoms with Gasteiger partial charge in [0.15, 0.2) is 0 Å². The van der Waals surface area contributed by atoms with Gasteiger partial charge in [-0.2, -0.15) is 5.10 Å². The van der Waals surface area contributed by atoms with E-state index in [1.807, 2.05) is 0 Å². The van der Waals surface area contributed by atoms with Crippen LogP contribution in [0.1, 0.15) is 19.3 Å². The van der Waals surface area contributed by atoms with Crippen LogP contribution in [0.4, 0.5) is 5.69 Å². The Morgan fingerprint density at radius 1 is 1.62 bits per heavy atom. The number of nitrogens with one attached hydrogen (secondary N) is 2. The number of nitrogens with two attached hydrogens (primary N) is 1. The van der Waals surface area contributed by atoms with E-state index in [9.17, 15) is 4.79 Å². The molecule has 0 fully saturated rings. The van der Waals surface area contributed by atoms with Crippen LogP contribution in [0.15, 0.2) is 12.4 Å². The highest BCUT2D eigenvalue weighted by Gasteiger charge is 2.01. The first-order valence-electron chi connectivity index (χ1n) is 4.31. The van der Waals surface area contributed by atoms with E-state index < -0.39 is 0 Å². The van der Waals surface area contributed by atoms with Crippen LogP contribution in [0.3, 0.4) is 0 Å². The van der Waals surface area contributed by atoms with Crippen LogP contribution >= 0.6 is 0 Å². The molecule has 0 atom stereocenters. The third kappa shape index (κ3) is 3.71. The lowest BCUT2D eigenvalue weighted by Crippen LogP contribution is -2.11. The summed E-state index contributed by atoms with van der Waals surface area (Å²) in [4.78, 5) is 11.2. The summed E-state index contributed by atoms with van der Waals surface area (Å²) in [7, 11) is 0. The van der Waals surface area contributed by atoms with Crippen molar-refractivity contribution in [3.05, 3.63) is 12.4 Å². The molecule has 5 heteroatoms. The van der Waals surface area contributed by atoms with Gasteiger partial charge in [0.2, 0.25) is 5.91 Å². The van der Waals surface area contributed by atoms with Crippen molar-refractivity contribution in [2.24, 2.45) is 5.73 Å². The first-order chi connectivity index (χ1) is 6.33. The van der Waals surface area contributed by atoms with Gasteiger partial charge in [0.05, 0.1) is 11.9 Å². The molecule has 0 bridgehead atoms. The summed E-state index contributed by atoms with van der Waals surface area (Å²) >= 11 is 0. The summed E-state index contributed by atoms with van der Waals surface area (Å²) in [5.74, 6) is 0.00912. The molecule has 5 nitrogen and oxygen atoms in total. The first-order valence-corrected chi connectivity index (χ1v) is 4.31. The van der Waals surface area contributed by atoms with E-state index in [1.54, 1.807) is 12.4 Å².